The van der Waals surface area contributed by atoms with Crippen molar-refractivity contribution in [2.45, 2.75) is 50.2 Å². The Bertz CT molecular complexity index is 1530. The van der Waals surface area contributed by atoms with Gasteiger partial charge in [0.15, 0.2) is 5.60 Å². The van der Waals surface area contributed by atoms with E-state index < -0.39 is 37.5 Å². The Morgan fingerprint density at radius 3 is 2.45 bits per heavy atom. The summed E-state index contributed by atoms with van der Waals surface area (Å²) in [5.41, 5.74) is 0.568. The molecule has 3 aromatic carbocycles. The Hall–Kier alpha value is -4.06. The van der Waals surface area contributed by atoms with E-state index in [1.54, 1.807) is 69.6 Å². The van der Waals surface area contributed by atoms with Crippen LogP contribution in [-0.4, -0.2) is 62.5 Å². The summed E-state index contributed by atoms with van der Waals surface area (Å²) in [5, 5.41) is 15.4. The lowest BCUT2D eigenvalue weighted by molar-refractivity contribution is -0.148. The fourth-order valence-electron chi connectivity index (χ4n) is 6.61. The first-order valence-electron chi connectivity index (χ1n) is 14.7. The normalized spacial score (nSPS) is 22.4. The number of aliphatic hydroxyl groups is 1. The fraction of sp³-hybridized carbons (Fsp3) is 0.364. The van der Waals surface area contributed by atoms with Crippen LogP contribution in [0.5, 0.6) is 5.75 Å². The van der Waals surface area contributed by atoms with E-state index in [0.717, 1.165) is 5.56 Å². The minimum absolute atomic E-state index is 0.114. The SMILES string of the molecule is COc1ccc(C(=O)Nc2ccc3c(c2)[C@]2(O[C@@H](CC(=O)N(CCO)Cc4ccccc4)[C@H]([Si](C)(C)F)[C@H]2C)C(=O)N3)cc1. The maximum atomic E-state index is 16.1. The van der Waals surface area contributed by atoms with Gasteiger partial charge in [0.05, 0.1) is 26.2 Å². The number of rotatable bonds is 10. The molecule has 1 saturated heterocycles. The van der Waals surface area contributed by atoms with Crippen molar-refractivity contribution in [2.75, 3.05) is 30.9 Å². The van der Waals surface area contributed by atoms with Crippen LogP contribution in [0.1, 0.15) is 34.8 Å². The molecule has 9 nitrogen and oxygen atoms in total. The summed E-state index contributed by atoms with van der Waals surface area (Å²) >= 11 is 0. The lowest BCUT2D eigenvalue weighted by atomic mass is 9.82. The number of aliphatic hydroxyl groups excluding tert-OH is 1. The maximum absolute atomic E-state index is 16.1. The zero-order valence-electron chi connectivity index (χ0n) is 25.3. The third-order valence-corrected chi connectivity index (χ3v) is 11.1. The number of hydrogen-bond donors (Lipinski definition) is 3. The van der Waals surface area contributed by atoms with E-state index >= 15 is 4.11 Å². The molecular weight excluding hydrogens is 581 g/mol. The molecule has 0 bridgehead atoms. The van der Waals surface area contributed by atoms with E-state index in [2.05, 4.69) is 10.6 Å². The number of carbonyl (C=O) groups excluding carboxylic acids is 3. The molecule has 2 heterocycles. The van der Waals surface area contributed by atoms with E-state index in [9.17, 15) is 19.5 Å². The van der Waals surface area contributed by atoms with Gasteiger partial charge in [-0.25, -0.2) is 0 Å². The highest BCUT2D eigenvalue weighted by Gasteiger charge is 2.65. The van der Waals surface area contributed by atoms with Crippen molar-refractivity contribution in [3.8, 4) is 5.75 Å². The molecule has 2 aliphatic rings. The molecule has 3 amide bonds. The molecule has 0 unspecified atom stereocenters. The highest BCUT2D eigenvalue weighted by Crippen LogP contribution is 2.59. The van der Waals surface area contributed by atoms with Crippen LogP contribution < -0.4 is 15.4 Å². The molecule has 11 heteroatoms. The molecule has 5 rings (SSSR count). The summed E-state index contributed by atoms with van der Waals surface area (Å²) in [6, 6.07) is 21.2. The van der Waals surface area contributed by atoms with Crippen LogP contribution in [0.15, 0.2) is 72.8 Å². The van der Waals surface area contributed by atoms with Gasteiger partial charge in [0, 0.05) is 47.1 Å². The van der Waals surface area contributed by atoms with Gasteiger partial charge in [-0.15, -0.1) is 0 Å². The van der Waals surface area contributed by atoms with Crippen LogP contribution in [0.4, 0.5) is 15.5 Å². The number of amides is 3. The smallest absolute Gasteiger partial charge is 0.261 e. The molecule has 0 aliphatic carbocycles. The Balaban J connectivity index is 1.43. The number of ether oxygens (including phenoxy) is 2. The average Bonchev–Trinajstić information content (AvgIpc) is 3.45. The second-order valence-electron chi connectivity index (χ2n) is 11.9. The lowest BCUT2D eigenvalue weighted by Gasteiger charge is -2.31. The number of anilines is 2. The highest BCUT2D eigenvalue weighted by molar-refractivity contribution is 6.72. The van der Waals surface area contributed by atoms with Crippen molar-refractivity contribution in [3.63, 3.8) is 0 Å². The van der Waals surface area contributed by atoms with Gasteiger partial charge in [0.2, 0.25) is 14.3 Å². The van der Waals surface area contributed by atoms with Gasteiger partial charge < -0.3 is 34.2 Å². The van der Waals surface area contributed by atoms with Crippen LogP contribution in [0.25, 0.3) is 0 Å². The van der Waals surface area contributed by atoms with E-state index in [1.807, 2.05) is 30.3 Å². The zero-order chi connectivity index (χ0) is 31.6. The summed E-state index contributed by atoms with van der Waals surface area (Å²) in [5.74, 6) is -1.03. The summed E-state index contributed by atoms with van der Waals surface area (Å²) in [4.78, 5) is 41.8. The van der Waals surface area contributed by atoms with Gasteiger partial charge in [-0.3, -0.25) is 14.4 Å². The molecule has 44 heavy (non-hydrogen) atoms. The minimum Gasteiger partial charge on any atom is -0.497 e. The molecule has 0 radical (unpaired) electrons. The van der Waals surface area contributed by atoms with Gasteiger partial charge in [-0.05, 0) is 61.1 Å². The van der Waals surface area contributed by atoms with Gasteiger partial charge in [0.1, 0.15) is 5.75 Å². The molecule has 3 N–H and O–H groups in total. The summed E-state index contributed by atoms with van der Waals surface area (Å²) in [6.45, 7) is 5.12. The van der Waals surface area contributed by atoms with E-state index in [-0.39, 0.29) is 37.9 Å². The van der Waals surface area contributed by atoms with Crippen LogP contribution in [-0.2, 0) is 26.5 Å². The first-order valence-corrected chi connectivity index (χ1v) is 17.6. The van der Waals surface area contributed by atoms with Crippen LogP contribution in [0, 0.1) is 5.92 Å². The Morgan fingerprint density at radius 2 is 1.82 bits per heavy atom. The van der Waals surface area contributed by atoms with Crippen molar-refractivity contribution >= 4 is 37.5 Å². The summed E-state index contributed by atoms with van der Waals surface area (Å²) < 4.78 is 27.8. The van der Waals surface area contributed by atoms with Gasteiger partial charge in [-0.2, -0.15) is 0 Å². The van der Waals surface area contributed by atoms with Crippen LogP contribution >= 0.6 is 0 Å². The number of carbonyl (C=O) groups is 3. The standard InChI is InChI=1S/C33H38FN3O6Si/c1-21-30(44(3,4)34)28(19-29(39)37(16-17-38)20-22-8-6-5-7-9-22)43-33(21)26-18-24(12-15-27(26)36-32(33)41)35-31(40)23-10-13-25(42-2)14-11-23/h5-15,18,21,28,30,38H,16-17,19-20H2,1-4H3,(H,35,40)(H,36,41)/t21-,28+,30-,33+/m1/s1. The zero-order valence-corrected chi connectivity index (χ0v) is 26.3. The average molecular weight is 620 g/mol. The second kappa shape index (κ2) is 12.5. The number of halogens is 1. The number of fused-ring (bicyclic) bond motifs is 2. The summed E-state index contributed by atoms with van der Waals surface area (Å²) in [7, 11) is -1.94. The molecule has 3 aromatic rings. The predicted octanol–water partition coefficient (Wildman–Crippen LogP) is 5.09. The third-order valence-electron chi connectivity index (χ3n) is 8.64. The van der Waals surface area contributed by atoms with Gasteiger partial charge >= 0.3 is 0 Å². The molecular formula is C33H38FN3O6Si. The van der Waals surface area contributed by atoms with Crippen molar-refractivity contribution < 1.29 is 33.1 Å². The highest BCUT2D eigenvalue weighted by atomic mass is 28.4. The van der Waals surface area contributed by atoms with Gasteiger partial charge in [-0.1, -0.05) is 37.3 Å². The van der Waals surface area contributed by atoms with Crippen LogP contribution in [0.2, 0.25) is 18.6 Å². The number of hydrogen-bond acceptors (Lipinski definition) is 6. The van der Waals surface area contributed by atoms with Crippen molar-refractivity contribution in [2.24, 2.45) is 5.92 Å². The quantitative estimate of drug-likeness (QED) is 0.215. The lowest BCUT2D eigenvalue weighted by Crippen LogP contribution is -2.42. The maximum Gasteiger partial charge on any atom is 0.261 e. The molecule has 1 spiro atoms. The van der Waals surface area contributed by atoms with E-state index in [0.29, 0.717) is 28.3 Å². The van der Waals surface area contributed by atoms with Crippen LogP contribution in [0.3, 0.4) is 0 Å². The fourth-order valence-corrected chi connectivity index (χ4v) is 9.10. The molecule has 1 fully saturated rings. The molecule has 4 atom stereocenters. The summed E-state index contributed by atoms with van der Waals surface area (Å²) in [6.07, 6.45) is -1.00. The second-order valence-corrected chi connectivity index (χ2v) is 15.7. The predicted molar refractivity (Wildman–Crippen MR) is 168 cm³/mol. The molecule has 2 aliphatic heterocycles. The Morgan fingerprint density at radius 1 is 1.11 bits per heavy atom. The number of nitrogens with one attached hydrogen (secondary N) is 2. The number of benzene rings is 3. The van der Waals surface area contributed by atoms with E-state index in [4.69, 9.17) is 9.47 Å². The van der Waals surface area contributed by atoms with Crippen molar-refractivity contribution in [1.82, 2.24) is 4.90 Å². The topological polar surface area (TPSA) is 117 Å². The first kappa shape index (κ1) is 31.4. The Labute approximate surface area is 257 Å². The first-order chi connectivity index (χ1) is 21.0. The van der Waals surface area contributed by atoms with Crippen molar-refractivity contribution in [3.05, 3.63) is 89.5 Å². The minimum atomic E-state index is -3.49. The molecule has 0 saturated carbocycles. The third kappa shape index (κ3) is 5.99. The molecule has 0 aromatic heterocycles. The number of nitrogens with zero attached hydrogens (tertiary/aromatic N) is 1. The Kier molecular flexibility index (Phi) is 8.92. The van der Waals surface area contributed by atoms with Gasteiger partial charge in [0.25, 0.3) is 11.8 Å². The molecule has 232 valence electrons. The largest absolute Gasteiger partial charge is 0.497 e. The monoisotopic (exact) mass is 619 g/mol. The number of methoxy groups -OCH3 is 1. The van der Waals surface area contributed by atoms with Crippen molar-refractivity contribution in [1.29, 1.82) is 0 Å². The van der Waals surface area contributed by atoms with E-state index in [1.165, 1.54) is 4.90 Å².